The third-order valence-corrected chi connectivity index (χ3v) is 8.65. The molecule has 3 aliphatic carbocycles. The molecule has 3 aliphatic rings. The van der Waals surface area contributed by atoms with Gasteiger partial charge in [-0.15, -0.1) is 0 Å². The number of aryl methyl sites for hydroxylation is 1. The summed E-state index contributed by atoms with van der Waals surface area (Å²) in [4.78, 5) is 12.7. The molecule has 0 aromatic heterocycles. The zero-order chi connectivity index (χ0) is 28.2. The first-order valence-corrected chi connectivity index (χ1v) is 14.3. The van der Waals surface area contributed by atoms with Crippen LogP contribution in [0.5, 0.6) is 0 Å². The zero-order valence-corrected chi connectivity index (χ0v) is 23.8. The molecule has 1 aromatic carbocycles. The smallest absolute Gasteiger partial charge is 0.248 e. The van der Waals surface area contributed by atoms with E-state index >= 15 is 0 Å². The highest BCUT2D eigenvalue weighted by Gasteiger charge is 2.48. The van der Waals surface area contributed by atoms with Crippen LogP contribution in [0, 0.1) is 18.3 Å². The molecule has 1 aromatic rings. The van der Waals surface area contributed by atoms with Crippen molar-refractivity contribution >= 4 is 11.7 Å². The number of alkyl halides is 2. The Bertz CT molecular complexity index is 1200. The van der Waals surface area contributed by atoms with Crippen LogP contribution in [0.25, 0.3) is 5.76 Å². The third kappa shape index (κ3) is 7.58. The van der Waals surface area contributed by atoms with Gasteiger partial charge in [0, 0.05) is 30.9 Å². The van der Waals surface area contributed by atoms with Crippen LogP contribution in [-0.4, -0.2) is 18.4 Å². The molecule has 0 radical (unpaired) electrons. The van der Waals surface area contributed by atoms with Crippen LogP contribution in [0.3, 0.4) is 0 Å². The fourth-order valence-corrected chi connectivity index (χ4v) is 6.23. The number of amides is 1. The number of nitrogens with one attached hydrogen (secondary N) is 1. The maximum Gasteiger partial charge on any atom is 0.248 e. The summed E-state index contributed by atoms with van der Waals surface area (Å²) in [5, 5.41) is 3.06. The molecule has 1 saturated carbocycles. The van der Waals surface area contributed by atoms with Crippen molar-refractivity contribution in [2.24, 2.45) is 11.3 Å². The number of hydrogen-bond acceptors (Lipinski definition) is 2. The van der Waals surface area contributed by atoms with Crippen molar-refractivity contribution in [3.05, 3.63) is 88.8 Å². The van der Waals surface area contributed by atoms with Gasteiger partial charge in [-0.1, -0.05) is 71.9 Å². The number of benzene rings is 1. The molecule has 0 bridgehead atoms. The van der Waals surface area contributed by atoms with E-state index in [0.717, 1.165) is 60.1 Å². The van der Waals surface area contributed by atoms with Crippen molar-refractivity contribution < 1.29 is 18.3 Å². The SMILES string of the molecule is C=C(C)/C(CC1=CCC2(C1)CC(C(=O)NCCC1=CCCC(F)(F)CC1)C2)=C(/C)OC(=C)c1ccc(C)cc1. The van der Waals surface area contributed by atoms with Crippen molar-refractivity contribution in [1.29, 1.82) is 0 Å². The largest absolute Gasteiger partial charge is 0.462 e. The normalized spacial score (nSPS) is 24.6. The summed E-state index contributed by atoms with van der Waals surface area (Å²) in [7, 11) is 0. The van der Waals surface area contributed by atoms with E-state index in [2.05, 4.69) is 43.6 Å². The van der Waals surface area contributed by atoms with Crippen LogP contribution in [0.2, 0.25) is 0 Å². The highest BCUT2D eigenvalue weighted by molar-refractivity contribution is 5.79. The van der Waals surface area contributed by atoms with Crippen LogP contribution >= 0.6 is 0 Å². The first-order valence-electron chi connectivity index (χ1n) is 14.3. The number of ether oxygens (including phenoxy) is 1. The molecule has 4 rings (SSSR count). The van der Waals surface area contributed by atoms with Gasteiger partial charge >= 0.3 is 0 Å². The third-order valence-electron chi connectivity index (χ3n) is 8.65. The number of carbonyl (C=O) groups excluding carboxylic acids is 1. The molecule has 1 N–H and O–H groups in total. The van der Waals surface area contributed by atoms with Crippen LogP contribution in [-0.2, 0) is 9.53 Å². The second-order valence-electron chi connectivity index (χ2n) is 12.0. The lowest BCUT2D eigenvalue weighted by Crippen LogP contribution is -2.44. The lowest BCUT2D eigenvalue weighted by Gasteiger charge is -2.45. The van der Waals surface area contributed by atoms with Gasteiger partial charge in [0.2, 0.25) is 11.8 Å². The lowest BCUT2D eigenvalue weighted by molar-refractivity contribution is -0.132. The fraction of sp³-hybridized carbons (Fsp3) is 0.500. The van der Waals surface area contributed by atoms with Crippen molar-refractivity contribution in [2.75, 3.05) is 6.54 Å². The minimum absolute atomic E-state index is 0.0456. The standard InChI is InChI=1S/C34H43F2NO2/c1-23(2)31(26(5)39-25(4)29-10-8-24(3)9-11-29)19-28-12-16-33(20-28)21-30(22-33)32(38)37-18-14-27-7-6-15-34(35,36)17-13-27/h7-12,30H,1,4,6,13-22H2,2-3,5H3,(H,37,38)/b31-26-. The van der Waals surface area contributed by atoms with E-state index in [4.69, 9.17) is 4.74 Å². The Hall–Kier alpha value is -2.95. The molecular formula is C34H43F2NO2. The van der Waals surface area contributed by atoms with E-state index in [1.165, 1.54) is 11.1 Å². The highest BCUT2D eigenvalue weighted by Crippen LogP contribution is 2.56. The van der Waals surface area contributed by atoms with Gasteiger partial charge < -0.3 is 10.1 Å². The van der Waals surface area contributed by atoms with E-state index < -0.39 is 5.92 Å². The van der Waals surface area contributed by atoms with Crippen molar-refractivity contribution in [2.45, 2.75) is 90.9 Å². The Labute approximate surface area is 232 Å². The van der Waals surface area contributed by atoms with E-state index in [-0.39, 0.29) is 30.1 Å². The lowest BCUT2D eigenvalue weighted by atomic mass is 9.60. The molecule has 39 heavy (non-hydrogen) atoms. The van der Waals surface area contributed by atoms with Crippen molar-refractivity contribution in [3.63, 3.8) is 0 Å². The number of carbonyl (C=O) groups is 1. The molecule has 210 valence electrons. The second-order valence-corrected chi connectivity index (χ2v) is 12.0. The molecular weight excluding hydrogens is 492 g/mol. The maximum absolute atomic E-state index is 13.6. The Morgan fingerprint density at radius 2 is 1.79 bits per heavy atom. The summed E-state index contributed by atoms with van der Waals surface area (Å²) in [5.41, 5.74) is 6.87. The van der Waals surface area contributed by atoms with Gasteiger partial charge in [0.1, 0.15) is 11.5 Å². The number of hydrogen-bond donors (Lipinski definition) is 1. The van der Waals surface area contributed by atoms with E-state index in [1.807, 2.05) is 32.1 Å². The summed E-state index contributed by atoms with van der Waals surface area (Å²) in [6.45, 7) is 14.9. The van der Waals surface area contributed by atoms with Gasteiger partial charge in [-0.3, -0.25) is 4.79 Å². The van der Waals surface area contributed by atoms with Gasteiger partial charge in [0.05, 0.1) is 0 Å². The molecule has 0 heterocycles. The van der Waals surface area contributed by atoms with Crippen LogP contribution in [0.4, 0.5) is 8.78 Å². The van der Waals surface area contributed by atoms with E-state index in [9.17, 15) is 13.6 Å². The summed E-state index contributed by atoms with van der Waals surface area (Å²) < 4.78 is 33.3. The Morgan fingerprint density at radius 1 is 1.08 bits per heavy atom. The predicted molar refractivity (Wildman–Crippen MR) is 155 cm³/mol. The van der Waals surface area contributed by atoms with Gasteiger partial charge in [0.15, 0.2) is 0 Å². The summed E-state index contributed by atoms with van der Waals surface area (Å²) >= 11 is 0. The second kappa shape index (κ2) is 12.1. The minimum Gasteiger partial charge on any atom is -0.462 e. The van der Waals surface area contributed by atoms with Crippen molar-refractivity contribution in [3.8, 4) is 0 Å². The van der Waals surface area contributed by atoms with Crippen LogP contribution in [0.15, 0.2) is 77.6 Å². The van der Waals surface area contributed by atoms with Gasteiger partial charge in [-0.25, -0.2) is 8.78 Å². The zero-order valence-electron chi connectivity index (χ0n) is 23.8. The molecule has 5 heteroatoms. The molecule has 3 nitrogen and oxygen atoms in total. The molecule has 1 spiro atoms. The predicted octanol–water partition coefficient (Wildman–Crippen LogP) is 8.98. The van der Waals surface area contributed by atoms with Crippen LogP contribution < -0.4 is 5.32 Å². The first kappa shape index (κ1) is 29.0. The Balaban J connectivity index is 1.23. The monoisotopic (exact) mass is 535 g/mol. The minimum atomic E-state index is -2.56. The number of allylic oxidation sites excluding steroid dienone is 6. The molecule has 1 fully saturated rings. The molecule has 1 amide bonds. The first-order chi connectivity index (χ1) is 18.5. The molecule has 0 unspecified atom stereocenters. The molecule has 0 saturated heterocycles. The van der Waals surface area contributed by atoms with E-state index in [1.54, 1.807) is 0 Å². The summed E-state index contributed by atoms with van der Waals surface area (Å²) in [6.07, 6.45) is 10.3. The van der Waals surface area contributed by atoms with Gasteiger partial charge in [0.25, 0.3) is 0 Å². The summed E-state index contributed by atoms with van der Waals surface area (Å²) in [6, 6.07) is 8.15. The fourth-order valence-electron chi connectivity index (χ4n) is 6.23. The highest BCUT2D eigenvalue weighted by atomic mass is 19.3. The topological polar surface area (TPSA) is 38.3 Å². The van der Waals surface area contributed by atoms with Crippen molar-refractivity contribution in [1.82, 2.24) is 5.32 Å². The quantitative estimate of drug-likeness (QED) is 0.184. The number of rotatable bonds is 10. The van der Waals surface area contributed by atoms with E-state index in [0.29, 0.717) is 31.6 Å². The maximum atomic E-state index is 13.6. The molecule has 0 aliphatic heterocycles. The average Bonchev–Trinajstić information content (AvgIpc) is 3.21. The molecule has 0 atom stereocenters. The Kier molecular flexibility index (Phi) is 8.98. The van der Waals surface area contributed by atoms with Crippen LogP contribution in [0.1, 0.15) is 89.2 Å². The Morgan fingerprint density at radius 3 is 2.49 bits per heavy atom. The summed E-state index contributed by atoms with van der Waals surface area (Å²) in [5.74, 6) is -0.949. The average molecular weight is 536 g/mol. The van der Waals surface area contributed by atoms with Gasteiger partial charge in [-0.2, -0.15) is 0 Å². The number of halogens is 2. The van der Waals surface area contributed by atoms with Gasteiger partial charge in [-0.05, 0) is 83.1 Å².